The molecule has 0 unspecified atom stereocenters. The molecule has 0 spiro atoms. The summed E-state index contributed by atoms with van der Waals surface area (Å²) in [6.07, 6.45) is 7.96. The van der Waals surface area contributed by atoms with Crippen molar-refractivity contribution in [2.45, 2.75) is 86.0 Å². The van der Waals surface area contributed by atoms with Crippen LogP contribution in [0.3, 0.4) is 0 Å². The van der Waals surface area contributed by atoms with Gasteiger partial charge in [0.15, 0.2) is 12.2 Å². The molecule has 0 bridgehead atoms. The zero-order chi connectivity index (χ0) is 22.1. The summed E-state index contributed by atoms with van der Waals surface area (Å²) in [5, 5.41) is 10.5. The van der Waals surface area contributed by atoms with Crippen LogP contribution in [0.15, 0.2) is 46.6 Å². The lowest BCUT2D eigenvalue weighted by Crippen LogP contribution is -2.38. The summed E-state index contributed by atoms with van der Waals surface area (Å²) >= 11 is 0. The molecule has 0 fully saturated rings. The van der Waals surface area contributed by atoms with E-state index in [0.717, 1.165) is 29.6 Å². The number of aliphatic hydroxyl groups is 1. The highest BCUT2D eigenvalue weighted by molar-refractivity contribution is 5.68. The van der Waals surface area contributed by atoms with Gasteiger partial charge in [0, 0.05) is 13.8 Å². The molecule has 5 heteroatoms. The van der Waals surface area contributed by atoms with Gasteiger partial charge in [0.25, 0.3) is 0 Å². The first kappa shape index (κ1) is 24.9. The van der Waals surface area contributed by atoms with Crippen molar-refractivity contribution in [3.63, 3.8) is 0 Å². The topological polar surface area (TPSA) is 72.8 Å². The van der Waals surface area contributed by atoms with Crippen LogP contribution in [0.5, 0.6) is 0 Å². The minimum atomic E-state index is -0.752. The number of hydrogen-bond donors (Lipinski definition) is 1. The van der Waals surface area contributed by atoms with Crippen molar-refractivity contribution in [2.24, 2.45) is 5.92 Å². The average molecular weight is 405 g/mol. The third-order valence-corrected chi connectivity index (χ3v) is 5.06. The molecular weight excluding hydrogens is 368 g/mol. The quantitative estimate of drug-likeness (QED) is 0.539. The molecule has 1 rings (SSSR count). The summed E-state index contributed by atoms with van der Waals surface area (Å²) in [7, 11) is 0. The van der Waals surface area contributed by atoms with Crippen LogP contribution in [0.25, 0.3) is 0 Å². The number of aliphatic hydroxyl groups excluding tert-OH is 1. The molecule has 0 heterocycles. The SMILES string of the molecule is CC(=O)O[C@@H]1/C(C(C)C)=C\C=C(\C)CC/C=C(\C)[C@@H](O)C/C=C(\C)[C@H]1OC(C)=O. The molecule has 0 aromatic rings. The summed E-state index contributed by atoms with van der Waals surface area (Å²) in [6.45, 7) is 12.5. The molecule has 0 aromatic carbocycles. The maximum Gasteiger partial charge on any atom is 0.303 e. The lowest BCUT2D eigenvalue weighted by Gasteiger charge is -2.31. The van der Waals surface area contributed by atoms with E-state index >= 15 is 0 Å². The van der Waals surface area contributed by atoms with E-state index in [-0.39, 0.29) is 5.92 Å². The number of rotatable bonds is 3. The Bertz CT molecular complexity index is 709. The predicted molar refractivity (Wildman–Crippen MR) is 115 cm³/mol. The van der Waals surface area contributed by atoms with Gasteiger partial charge in [0.2, 0.25) is 0 Å². The van der Waals surface area contributed by atoms with Crippen LogP contribution in [0.4, 0.5) is 0 Å². The van der Waals surface area contributed by atoms with E-state index in [9.17, 15) is 14.7 Å². The molecule has 1 N–H and O–H groups in total. The number of hydrogen-bond acceptors (Lipinski definition) is 5. The average Bonchev–Trinajstić information content (AvgIpc) is 2.61. The van der Waals surface area contributed by atoms with Gasteiger partial charge >= 0.3 is 11.9 Å². The van der Waals surface area contributed by atoms with Crippen molar-refractivity contribution in [1.29, 1.82) is 0 Å². The summed E-state index contributed by atoms with van der Waals surface area (Å²) in [5.41, 5.74) is 3.71. The molecule has 162 valence electrons. The molecule has 0 saturated carbocycles. The first-order valence-electron chi connectivity index (χ1n) is 10.3. The maximum atomic E-state index is 11.9. The van der Waals surface area contributed by atoms with E-state index in [1.807, 2.05) is 45.9 Å². The van der Waals surface area contributed by atoms with Gasteiger partial charge in [-0.05, 0) is 62.7 Å². The number of esters is 2. The molecule has 3 atom stereocenters. The van der Waals surface area contributed by atoms with Crippen molar-refractivity contribution in [1.82, 2.24) is 0 Å². The standard InChI is InChI=1S/C24H36O5/c1-15(2)21-13-11-16(3)9-8-10-17(4)22(27)14-12-18(5)23(28-19(6)25)24(21)29-20(7)26/h10-13,15,22-24,27H,8-9,14H2,1-7H3/b16-11-,17-10+,18-12+,21-13-/t22-,23+,24+/m0/s1. The zero-order valence-electron chi connectivity index (χ0n) is 18.8. The molecule has 0 amide bonds. The van der Waals surface area contributed by atoms with E-state index in [1.165, 1.54) is 19.4 Å². The minimum Gasteiger partial charge on any atom is -0.454 e. The highest BCUT2D eigenvalue weighted by Gasteiger charge is 2.33. The maximum absolute atomic E-state index is 11.9. The van der Waals surface area contributed by atoms with Crippen LogP contribution in [-0.4, -0.2) is 35.4 Å². The largest absolute Gasteiger partial charge is 0.454 e. The van der Waals surface area contributed by atoms with E-state index in [0.29, 0.717) is 6.42 Å². The molecule has 0 saturated heterocycles. The summed E-state index contributed by atoms with van der Waals surface area (Å²) in [4.78, 5) is 23.7. The Kier molecular flexibility index (Phi) is 10.1. The van der Waals surface area contributed by atoms with Crippen LogP contribution in [0, 0.1) is 5.92 Å². The van der Waals surface area contributed by atoms with Crippen LogP contribution < -0.4 is 0 Å². The van der Waals surface area contributed by atoms with Crippen molar-refractivity contribution in [3.8, 4) is 0 Å². The molecular formula is C24H36O5. The van der Waals surface area contributed by atoms with Gasteiger partial charge in [0.05, 0.1) is 6.10 Å². The second-order valence-corrected chi connectivity index (χ2v) is 8.08. The van der Waals surface area contributed by atoms with Gasteiger partial charge in [-0.25, -0.2) is 0 Å². The van der Waals surface area contributed by atoms with Crippen LogP contribution in [0.1, 0.15) is 67.7 Å². The number of carbonyl (C=O) groups is 2. The molecule has 1 aliphatic carbocycles. The second-order valence-electron chi connectivity index (χ2n) is 8.08. The Labute approximate surface area is 175 Å². The van der Waals surface area contributed by atoms with Crippen molar-refractivity contribution in [2.75, 3.05) is 0 Å². The number of carbonyl (C=O) groups excluding carboxylic acids is 2. The fraction of sp³-hybridized carbons (Fsp3) is 0.583. The van der Waals surface area contributed by atoms with Crippen molar-refractivity contribution >= 4 is 11.9 Å². The molecule has 1 aliphatic rings. The monoisotopic (exact) mass is 404 g/mol. The minimum absolute atomic E-state index is 0.0786. The highest BCUT2D eigenvalue weighted by atomic mass is 16.6. The number of ether oxygens (including phenoxy) is 2. The van der Waals surface area contributed by atoms with Gasteiger partial charge < -0.3 is 14.6 Å². The molecule has 0 aromatic heterocycles. The normalized spacial score (nSPS) is 31.7. The Hall–Kier alpha value is -2.14. The smallest absolute Gasteiger partial charge is 0.303 e. The predicted octanol–water partition coefficient (Wildman–Crippen LogP) is 4.82. The Morgan fingerprint density at radius 3 is 2.10 bits per heavy atom. The van der Waals surface area contributed by atoms with E-state index in [4.69, 9.17) is 9.47 Å². The van der Waals surface area contributed by atoms with Crippen molar-refractivity contribution in [3.05, 3.63) is 46.6 Å². The third-order valence-electron chi connectivity index (χ3n) is 5.06. The number of allylic oxidation sites excluding steroid dienone is 4. The van der Waals surface area contributed by atoms with Gasteiger partial charge in [-0.2, -0.15) is 0 Å². The molecule has 29 heavy (non-hydrogen) atoms. The molecule has 5 nitrogen and oxygen atoms in total. The first-order valence-corrected chi connectivity index (χ1v) is 10.3. The zero-order valence-corrected chi connectivity index (χ0v) is 18.8. The van der Waals surface area contributed by atoms with Gasteiger partial charge in [0.1, 0.15) is 0 Å². The Balaban J connectivity index is 3.57. The van der Waals surface area contributed by atoms with Gasteiger partial charge in [-0.1, -0.05) is 43.7 Å². The Morgan fingerprint density at radius 2 is 1.55 bits per heavy atom. The highest BCUT2D eigenvalue weighted by Crippen LogP contribution is 2.28. The van der Waals surface area contributed by atoms with Crippen LogP contribution >= 0.6 is 0 Å². The Morgan fingerprint density at radius 1 is 0.966 bits per heavy atom. The summed E-state index contributed by atoms with van der Waals surface area (Å²) in [5.74, 6) is -0.811. The van der Waals surface area contributed by atoms with Crippen LogP contribution in [0.2, 0.25) is 0 Å². The lowest BCUT2D eigenvalue weighted by atomic mass is 9.89. The van der Waals surface area contributed by atoms with Gasteiger partial charge in [-0.3, -0.25) is 9.59 Å². The first-order chi connectivity index (χ1) is 13.5. The van der Waals surface area contributed by atoms with E-state index in [1.54, 1.807) is 0 Å². The van der Waals surface area contributed by atoms with Gasteiger partial charge in [-0.15, -0.1) is 0 Å². The molecule has 0 aliphatic heterocycles. The van der Waals surface area contributed by atoms with E-state index < -0.39 is 30.3 Å². The molecule has 0 radical (unpaired) electrons. The lowest BCUT2D eigenvalue weighted by molar-refractivity contribution is -0.160. The van der Waals surface area contributed by atoms with Crippen molar-refractivity contribution < 1.29 is 24.2 Å². The summed E-state index contributed by atoms with van der Waals surface area (Å²) < 4.78 is 11.3. The summed E-state index contributed by atoms with van der Waals surface area (Å²) in [6, 6.07) is 0. The second kappa shape index (κ2) is 11.8. The fourth-order valence-electron chi connectivity index (χ4n) is 3.26. The fourth-order valence-corrected chi connectivity index (χ4v) is 3.26. The van der Waals surface area contributed by atoms with E-state index in [2.05, 4.69) is 13.0 Å². The van der Waals surface area contributed by atoms with Crippen LogP contribution in [-0.2, 0) is 19.1 Å². The third kappa shape index (κ3) is 8.40.